The van der Waals surface area contributed by atoms with Crippen molar-refractivity contribution in [2.75, 3.05) is 30.5 Å². The Balaban J connectivity index is 1.94. The first kappa shape index (κ1) is 29.2. The summed E-state index contributed by atoms with van der Waals surface area (Å²) in [5.74, 6) is 0.378. The Kier molecular flexibility index (Phi) is 8.70. The number of pyridine rings is 1. The number of benzene rings is 2. The maximum Gasteiger partial charge on any atom is 0.514 e. The van der Waals surface area contributed by atoms with Gasteiger partial charge in [0.05, 0.1) is 31.9 Å². The predicted molar refractivity (Wildman–Crippen MR) is 147 cm³/mol. The molecular weight excluding hydrogens is 526 g/mol. The molecule has 0 bridgehead atoms. The third-order valence-electron chi connectivity index (χ3n) is 5.44. The fraction of sp³-hybridized carbons (Fsp3) is 0.296. The molecule has 0 spiro atoms. The number of carbonyl (C=O) groups is 2. The first-order valence-corrected chi connectivity index (χ1v) is 13.6. The van der Waals surface area contributed by atoms with Crippen LogP contribution in [0, 0.1) is 6.92 Å². The number of amides is 1. The Morgan fingerprint density at radius 1 is 0.974 bits per heavy atom. The van der Waals surface area contributed by atoms with Gasteiger partial charge in [0.25, 0.3) is 5.91 Å². The number of rotatable bonds is 8. The summed E-state index contributed by atoms with van der Waals surface area (Å²) in [4.78, 5) is 28.6. The number of hydrogen-bond acceptors (Lipinski definition) is 9. The summed E-state index contributed by atoms with van der Waals surface area (Å²) in [7, 11) is -1.05. The van der Waals surface area contributed by atoms with Crippen molar-refractivity contribution in [3.63, 3.8) is 0 Å². The van der Waals surface area contributed by atoms with E-state index in [2.05, 4.69) is 19.8 Å². The summed E-state index contributed by atoms with van der Waals surface area (Å²) in [6.45, 7) is 7.71. The number of nitrogens with zero attached hydrogens (tertiary/aromatic N) is 1. The zero-order valence-electron chi connectivity index (χ0n) is 22.7. The number of hydrogen-bond donors (Lipinski definition) is 2. The molecule has 1 aromatic heterocycles. The van der Waals surface area contributed by atoms with Crippen LogP contribution >= 0.6 is 0 Å². The molecule has 0 aliphatic carbocycles. The molecule has 208 valence electrons. The average molecular weight is 558 g/mol. The topological polar surface area (TPSA) is 142 Å². The molecule has 3 aromatic rings. The highest BCUT2D eigenvalue weighted by atomic mass is 32.2. The Morgan fingerprint density at radius 3 is 2.28 bits per heavy atom. The smallest absolute Gasteiger partial charge is 0.492 e. The van der Waals surface area contributed by atoms with Gasteiger partial charge in [-0.15, -0.1) is 0 Å². The number of methoxy groups -OCH3 is 2. The second-order valence-electron chi connectivity index (χ2n) is 9.65. The van der Waals surface area contributed by atoms with E-state index in [1.165, 1.54) is 26.5 Å². The van der Waals surface area contributed by atoms with Crippen LogP contribution in [0.2, 0.25) is 0 Å². The van der Waals surface area contributed by atoms with Crippen molar-refractivity contribution in [2.24, 2.45) is 0 Å². The summed E-state index contributed by atoms with van der Waals surface area (Å²) in [5, 5.41) is 2.83. The summed E-state index contributed by atoms with van der Waals surface area (Å²) < 4.78 is 47.2. The highest BCUT2D eigenvalue weighted by Crippen LogP contribution is 2.39. The standard InChI is InChI=1S/C27H31N3O8S/c1-16-8-9-17(12-22(16)37-19-10-11-28-23(15-19)38-26(32)36-6)25(31)29-20-13-18(27(2,3)4)14-21(24(20)35-5)30-39(7,33)34/h8-15,30H,1-7H3,(H,29,31). The van der Waals surface area contributed by atoms with Crippen molar-refractivity contribution in [3.8, 4) is 23.1 Å². The second-order valence-corrected chi connectivity index (χ2v) is 11.4. The van der Waals surface area contributed by atoms with Gasteiger partial charge in [0, 0.05) is 17.8 Å². The quantitative estimate of drug-likeness (QED) is 0.355. The van der Waals surface area contributed by atoms with Gasteiger partial charge in [0.2, 0.25) is 15.9 Å². The molecule has 0 radical (unpaired) electrons. The molecule has 1 heterocycles. The van der Waals surface area contributed by atoms with Gasteiger partial charge in [0.1, 0.15) is 11.5 Å². The first-order valence-electron chi connectivity index (χ1n) is 11.7. The van der Waals surface area contributed by atoms with Crippen molar-refractivity contribution in [2.45, 2.75) is 33.1 Å². The molecule has 39 heavy (non-hydrogen) atoms. The SMILES string of the molecule is COC(=O)Oc1cc(Oc2cc(C(=O)Nc3cc(C(C)(C)C)cc(NS(C)(=O)=O)c3OC)ccc2C)ccn1. The van der Waals surface area contributed by atoms with Crippen LogP contribution in [0.4, 0.5) is 16.2 Å². The van der Waals surface area contributed by atoms with Crippen molar-refractivity contribution < 1.29 is 37.0 Å². The molecule has 12 heteroatoms. The maximum atomic E-state index is 13.3. The van der Waals surface area contributed by atoms with Crippen LogP contribution in [-0.2, 0) is 20.2 Å². The van der Waals surface area contributed by atoms with E-state index in [0.717, 1.165) is 17.4 Å². The fourth-order valence-electron chi connectivity index (χ4n) is 3.46. The van der Waals surface area contributed by atoms with Gasteiger partial charge in [-0.3, -0.25) is 9.52 Å². The molecule has 0 fully saturated rings. The van der Waals surface area contributed by atoms with Gasteiger partial charge in [-0.05, 0) is 53.8 Å². The molecular formula is C27H31N3O8S. The monoisotopic (exact) mass is 557 g/mol. The predicted octanol–water partition coefficient (Wildman–Crippen LogP) is 5.26. The normalized spacial score (nSPS) is 11.4. The number of ether oxygens (including phenoxy) is 4. The van der Waals surface area contributed by atoms with Gasteiger partial charge < -0.3 is 24.3 Å². The maximum absolute atomic E-state index is 13.3. The van der Waals surface area contributed by atoms with Crippen molar-refractivity contribution in [1.82, 2.24) is 4.98 Å². The first-order chi connectivity index (χ1) is 18.2. The van der Waals surface area contributed by atoms with E-state index in [0.29, 0.717) is 17.2 Å². The lowest BCUT2D eigenvalue weighted by Crippen LogP contribution is -2.18. The second kappa shape index (κ2) is 11.6. The van der Waals surface area contributed by atoms with E-state index < -0.39 is 22.1 Å². The van der Waals surface area contributed by atoms with E-state index in [1.54, 1.807) is 36.4 Å². The van der Waals surface area contributed by atoms with Crippen LogP contribution in [0.15, 0.2) is 48.7 Å². The third-order valence-corrected chi connectivity index (χ3v) is 6.03. The largest absolute Gasteiger partial charge is 0.514 e. The number of carbonyl (C=O) groups excluding carboxylic acids is 2. The molecule has 2 aromatic carbocycles. The Morgan fingerprint density at radius 2 is 1.67 bits per heavy atom. The van der Waals surface area contributed by atoms with Crippen molar-refractivity contribution in [1.29, 1.82) is 0 Å². The minimum atomic E-state index is -3.62. The van der Waals surface area contributed by atoms with Crippen LogP contribution in [-0.4, -0.2) is 45.9 Å². The van der Waals surface area contributed by atoms with E-state index in [-0.39, 0.29) is 28.3 Å². The Hall–Kier alpha value is -4.32. The number of nitrogens with one attached hydrogen (secondary N) is 2. The zero-order chi connectivity index (χ0) is 29.0. The van der Waals surface area contributed by atoms with Gasteiger partial charge in [-0.2, -0.15) is 0 Å². The Bertz CT molecular complexity index is 1500. The summed E-state index contributed by atoms with van der Waals surface area (Å²) in [5.41, 5.74) is 1.94. The molecule has 2 N–H and O–H groups in total. The lowest BCUT2D eigenvalue weighted by atomic mass is 9.86. The fourth-order valence-corrected chi connectivity index (χ4v) is 4.01. The van der Waals surface area contributed by atoms with Gasteiger partial charge in [0.15, 0.2) is 5.75 Å². The summed E-state index contributed by atoms with van der Waals surface area (Å²) in [6.07, 6.45) is 1.52. The van der Waals surface area contributed by atoms with Crippen LogP contribution in [0.3, 0.4) is 0 Å². The molecule has 0 saturated heterocycles. The summed E-state index contributed by atoms with van der Waals surface area (Å²) in [6, 6.07) is 11.3. The zero-order valence-corrected chi connectivity index (χ0v) is 23.6. The molecule has 0 unspecified atom stereocenters. The highest BCUT2D eigenvalue weighted by Gasteiger charge is 2.23. The third kappa shape index (κ3) is 7.84. The number of anilines is 2. The minimum Gasteiger partial charge on any atom is -0.492 e. The van der Waals surface area contributed by atoms with Crippen LogP contribution < -0.4 is 24.2 Å². The van der Waals surface area contributed by atoms with E-state index >= 15 is 0 Å². The van der Waals surface area contributed by atoms with Crippen LogP contribution in [0.25, 0.3) is 0 Å². The molecule has 0 atom stereocenters. The van der Waals surface area contributed by atoms with E-state index in [4.69, 9.17) is 14.2 Å². The number of aryl methyl sites for hydroxylation is 1. The molecule has 0 aliphatic rings. The van der Waals surface area contributed by atoms with Crippen LogP contribution in [0.1, 0.15) is 42.3 Å². The van der Waals surface area contributed by atoms with Crippen LogP contribution in [0.5, 0.6) is 23.1 Å². The molecule has 0 saturated carbocycles. The van der Waals surface area contributed by atoms with E-state index in [9.17, 15) is 18.0 Å². The molecule has 11 nitrogen and oxygen atoms in total. The number of aromatic nitrogens is 1. The Labute approximate surface area is 227 Å². The van der Waals surface area contributed by atoms with Crippen molar-refractivity contribution in [3.05, 3.63) is 65.4 Å². The van der Waals surface area contributed by atoms with Crippen molar-refractivity contribution >= 4 is 33.5 Å². The van der Waals surface area contributed by atoms with E-state index in [1.807, 2.05) is 27.7 Å². The summed E-state index contributed by atoms with van der Waals surface area (Å²) >= 11 is 0. The van der Waals surface area contributed by atoms with Gasteiger partial charge in [-0.1, -0.05) is 26.8 Å². The highest BCUT2D eigenvalue weighted by molar-refractivity contribution is 7.92. The molecule has 3 rings (SSSR count). The van der Waals surface area contributed by atoms with Gasteiger partial charge in [-0.25, -0.2) is 18.2 Å². The molecule has 1 amide bonds. The molecule has 0 aliphatic heterocycles. The van der Waals surface area contributed by atoms with Gasteiger partial charge >= 0.3 is 6.16 Å². The lowest BCUT2D eigenvalue weighted by molar-refractivity contribution is 0.102. The lowest BCUT2D eigenvalue weighted by Gasteiger charge is -2.24. The average Bonchev–Trinajstić information content (AvgIpc) is 2.83. The number of sulfonamides is 1. The minimum absolute atomic E-state index is 0.0183.